The van der Waals surface area contributed by atoms with Crippen LogP contribution in [-0.2, 0) is 0 Å². The Bertz CT molecular complexity index is 686. The standard InChI is InChI=1S/C20H28F2N4O/c21-16-5-4-15(11-17(16)22)26-9-6-14(13-26)12-23-20(27)24-18-7-10-25-8-2-1-3-19(18)25/h4-5,11,14,18-19H,1-3,6-10,12-13H2,(H2,23,24,27)/t14-,18+,19+/m0/s1. The molecule has 1 aromatic rings. The quantitative estimate of drug-likeness (QED) is 0.847. The number of nitrogens with zero attached hydrogens (tertiary/aromatic N) is 2. The van der Waals surface area contributed by atoms with Gasteiger partial charge >= 0.3 is 6.03 Å². The fourth-order valence-corrected chi connectivity index (χ4v) is 4.79. The van der Waals surface area contributed by atoms with Gasteiger partial charge in [0.2, 0.25) is 0 Å². The minimum Gasteiger partial charge on any atom is -0.371 e. The first-order valence-electron chi connectivity index (χ1n) is 10.1. The zero-order valence-electron chi connectivity index (χ0n) is 15.6. The molecule has 0 saturated carbocycles. The summed E-state index contributed by atoms with van der Waals surface area (Å²) in [5.41, 5.74) is 0.698. The topological polar surface area (TPSA) is 47.6 Å². The first-order chi connectivity index (χ1) is 13.1. The fourth-order valence-electron chi connectivity index (χ4n) is 4.79. The van der Waals surface area contributed by atoms with Gasteiger partial charge in [-0.2, -0.15) is 0 Å². The van der Waals surface area contributed by atoms with Crippen molar-refractivity contribution in [1.29, 1.82) is 0 Å². The molecular formula is C20H28F2N4O. The molecule has 0 aromatic heterocycles. The molecule has 2 amide bonds. The predicted molar refractivity (Wildman–Crippen MR) is 101 cm³/mol. The Hall–Kier alpha value is -1.89. The third kappa shape index (κ3) is 4.18. The van der Waals surface area contributed by atoms with Gasteiger partial charge in [0.1, 0.15) is 0 Å². The normalized spacial score (nSPS) is 28.2. The highest BCUT2D eigenvalue weighted by atomic mass is 19.2. The Kier molecular flexibility index (Phi) is 5.48. The van der Waals surface area contributed by atoms with Crippen LogP contribution in [0.15, 0.2) is 18.2 Å². The molecule has 0 spiro atoms. The molecule has 3 aliphatic heterocycles. The maximum atomic E-state index is 13.4. The van der Waals surface area contributed by atoms with Crippen molar-refractivity contribution in [3.63, 3.8) is 0 Å². The number of hydrogen-bond acceptors (Lipinski definition) is 3. The highest BCUT2D eigenvalue weighted by Gasteiger charge is 2.36. The Morgan fingerprint density at radius 3 is 2.81 bits per heavy atom. The van der Waals surface area contributed by atoms with E-state index in [4.69, 9.17) is 0 Å². The van der Waals surface area contributed by atoms with Crippen LogP contribution in [0.4, 0.5) is 19.3 Å². The highest BCUT2D eigenvalue weighted by molar-refractivity contribution is 5.74. The predicted octanol–water partition coefficient (Wildman–Crippen LogP) is 2.72. The summed E-state index contributed by atoms with van der Waals surface area (Å²) < 4.78 is 26.5. The monoisotopic (exact) mass is 378 g/mol. The van der Waals surface area contributed by atoms with Crippen molar-refractivity contribution >= 4 is 11.7 Å². The molecule has 2 N–H and O–H groups in total. The van der Waals surface area contributed by atoms with Gasteiger partial charge in [0.25, 0.3) is 0 Å². The average molecular weight is 378 g/mol. The third-order valence-corrected chi connectivity index (χ3v) is 6.28. The summed E-state index contributed by atoms with van der Waals surface area (Å²) in [4.78, 5) is 16.9. The smallest absolute Gasteiger partial charge is 0.315 e. The molecule has 148 valence electrons. The minimum atomic E-state index is -0.823. The molecule has 5 nitrogen and oxygen atoms in total. The second-order valence-corrected chi connectivity index (χ2v) is 8.05. The van der Waals surface area contributed by atoms with E-state index in [2.05, 4.69) is 15.5 Å². The van der Waals surface area contributed by atoms with Crippen molar-refractivity contribution in [3.8, 4) is 0 Å². The van der Waals surface area contributed by atoms with E-state index in [9.17, 15) is 13.6 Å². The summed E-state index contributed by atoms with van der Waals surface area (Å²) in [7, 11) is 0. The van der Waals surface area contributed by atoms with Crippen LogP contribution in [0.25, 0.3) is 0 Å². The SMILES string of the molecule is O=C(NC[C@@H]1CCN(c2ccc(F)c(F)c2)C1)N[C@@H]1CCN2CCCC[C@H]12. The summed E-state index contributed by atoms with van der Waals surface area (Å²) in [5, 5.41) is 6.17. The average Bonchev–Trinajstić information content (AvgIpc) is 3.30. The van der Waals surface area contributed by atoms with Crippen molar-refractivity contribution in [1.82, 2.24) is 15.5 Å². The van der Waals surface area contributed by atoms with Crippen LogP contribution in [0, 0.1) is 17.6 Å². The lowest BCUT2D eigenvalue weighted by atomic mass is 9.99. The van der Waals surface area contributed by atoms with Gasteiger partial charge in [0.05, 0.1) is 0 Å². The first kappa shape index (κ1) is 18.5. The molecule has 4 rings (SSSR count). The second-order valence-electron chi connectivity index (χ2n) is 8.05. The number of carbonyl (C=O) groups excluding carboxylic acids is 1. The number of anilines is 1. The zero-order valence-corrected chi connectivity index (χ0v) is 15.6. The first-order valence-corrected chi connectivity index (χ1v) is 10.1. The van der Waals surface area contributed by atoms with E-state index in [1.807, 2.05) is 4.90 Å². The Morgan fingerprint density at radius 2 is 1.96 bits per heavy atom. The Labute approximate surface area is 159 Å². The van der Waals surface area contributed by atoms with Crippen molar-refractivity contribution in [2.45, 2.75) is 44.2 Å². The summed E-state index contributed by atoms with van der Waals surface area (Å²) in [5.74, 6) is -1.32. The van der Waals surface area contributed by atoms with Crippen molar-refractivity contribution < 1.29 is 13.6 Å². The lowest BCUT2D eigenvalue weighted by Crippen LogP contribution is -2.50. The number of carbonyl (C=O) groups is 1. The summed E-state index contributed by atoms with van der Waals surface area (Å²) in [6.45, 7) is 4.38. The molecule has 3 aliphatic rings. The van der Waals surface area contributed by atoms with Gasteiger partial charge in [-0.05, 0) is 50.3 Å². The maximum Gasteiger partial charge on any atom is 0.315 e. The van der Waals surface area contributed by atoms with Crippen molar-refractivity contribution in [2.24, 2.45) is 5.92 Å². The number of amides is 2. The maximum absolute atomic E-state index is 13.4. The number of hydrogen-bond donors (Lipinski definition) is 2. The summed E-state index contributed by atoms with van der Waals surface area (Å²) in [6, 6.07) is 4.69. The van der Waals surface area contributed by atoms with Gasteiger partial charge in [0.15, 0.2) is 11.6 Å². The molecule has 7 heteroatoms. The number of fused-ring (bicyclic) bond motifs is 1. The van der Waals surface area contributed by atoms with Crippen LogP contribution in [0.2, 0.25) is 0 Å². The largest absolute Gasteiger partial charge is 0.371 e. The number of rotatable bonds is 4. The second kappa shape index (κ2) is 8.00. The molecule has 0 radical (unpaired) electrons. The summed E-state index contributed by atoms with van der Waals surface area (Å²) in [6.07, 6.45) is 5.66. The molecular weight excluding hydrogens is 350 g/mol. The Balaban J connectivity index is 1.22. The van der Waals surface area contributed by atoms with Gasteiger partial charge in [-0.1, -0.05) is 6.42 Å². The van der Waals surface area contributed by atoms with E-state index in [1.54, 1.807) is 6.07 Å². The van der Waals surface area contributed by atoms with Crippen LogP contribution < -0.4 is 15.5 Å². The van der Waals surface area contributed by atoms with Gasteiger partial charge in [0, 0.05) is 50.0 Å². The van der Waals surface area contributed by atoms with Gasteiger partial charge in [-0.15, -0.1) is 0 Å². The zero-order chi connectivity index (χ0) is 18.8. The fraction of sp³-hybridized carbons (Fsp3) is 0.650. The van der Waals surface area contributed by atoms with E-state index in [0.29, 0.717) is 24.2 Å². The van der Waals surface area contributed by atoms with Gasteiger partial charge in [-0.3, -0.25) is 4.90 Å². The van der Waals surface area contributed by atoms with E-state index in [0.717, 1.165) is 39.0 Å². The van der Waals surface area contributed by atoms with Crippen LogP contribution in [0.1, 0.15) is 32.1 Å². The van der Waals surface area contributed by atoms with Crippen LogP contribution in [-0.4, -0.2) is 55.7 Å². The molecule has 0 aliphatic carbocycles. The van der Waals surface area contributed by atoms with Crippen molar-refractivity contribution in [3.05, 3.63) is 29.8 Å². The van der Waals surface area contributed by atoms with E-state index in [-0.39, 0.29) is 12.1 Å². The molecule has 27 heavy (non-hydrogen) atoms. The van der Waals surface area contributed by atoms with Crippen molar-refractivity contribution in [2.75, 3.05) is 37.6 Å². The van der Waals surface area contributed by atoms with Crippen LogP contribution in [0.5, 0.6) is 0 Å². The molecule has 3 atom stereocenters. The summed E-state index contributed by atoms with van der Waals surface area (Å²) >= 11 is 0. The van der Waals surface area contributed by atoms with Crippen LogP contribution >= 0.6 is 0 Å². The number of halogens is 2. The van der Waals surface area contributed by atoms with Crippen LogP contribution in [0.3, 0.4) is 0 Å². The van der Waals surface area contributed by atoms with E-state index >= 15 is 0 Å². The third-order valence-electron chi connectivity index (χ3n) is 6.28. The molecule has 3 saturated heterocycles. The molecule has 1 aromatic carbocycles. The van der Waals surface area contributed by atoms with E-state index < -0.39 is 11.6 Å². The number of nitrogens with one attached hydrogen (secondary N) is 2. The molecule has 0 unspecified atom stereocenters. The lowest BCUT2D eigenvalue weighted by Gasteiger charge is -2.32. The molecule has 3 heterocycles. The highest BCUT2D eigenvalue weighted by Crippen LogP contribution is 2.27. The molecule has 0 bridgehead atoms. The molecule has 3 fully saturated rings. The number of benzene rings is 1. The van der Waals surface area contributed by atoms with Gasteiger partial charge < -0.3 is 15.5 Å². The number of piperidine rings is 1. The number of urea groups is 1. The minimum absolute atomic E-state index is 0.0845. The van der Waals surface area contributed by atoms with E-state index in [1.165, 1.54) is 31.4 Å². The lowest BCUT2D eigenvalue weighted by molar-refractivity contribution is 0.178. The van der Waals surface area contributed by atoms with Gasteiger partial charge in [-0.25, -0.2) is 13.6 Å². The Morgan fingerprint density at radius 1 is 1.07 bits per heavy atom.